The van der Waals surface area contributed by atoms with E-state index in [1.807, 2.05) is 0 Å². The first-order chi connectivity index (χ1) is 12.4. The van der Waals surface area contributed by atoms with Gasteiger partial charge in [0.15, 0.2) is 6.20 Å². The van der Waals surface area contributed by atoms with Crippen LogP contribution in [0.15, 0.2) is 36.5 Å². The third kappa shape index (κ3) is 4.07. The summed E-state index contributed by atoms with van der Waals surface area (Å²) in [6.07, 6.45) is 3.29. The lowest BCUT2D eigenvalue weighted by atomic mass is 9.69. The molecule has 1 aromatic heterocycles. The minimum atomic E-state index is -2.49. The maximum Gasteiger partial charge on any atom is 0.248 e. The van der Waals surface area contributed by atoms with Gasteiger partial charge in [0.1, 0.15) is 7.05 Å². The monoisotopic (exact) mass is 372 g/mol. The van der Waals surface area contributed by atoms with E-state index in [1.54, 1.807) is 0 Å². The molecule has 2 aromatic rings. The van der Waals surface area contributed by atoms with Gasteiger partial charge in [-0.25, -0.2) is 13.3 Å². The minimum absolute atomic E-state index is 0.00642. The zero-order valence-corrected chi connectivity index (χ0v) is 17.5. The quantitative estimate of drug-likeness (QED) is 0.549. The number of pyridine rings is 1. The fourth-order valence-electron chi connectivity index (χ4n) is 4.11. The average Bonchev–Trinajstić information content (AvgIpc) is 2.57. The molecule has 0 radical (unpaired) electrons. The van der Waals surface area contributed by atoms with Crippen molar-refractivity contribution < 1.29 is 13.3 Å². The summed E-state index contributed by atoms with van der Waals surface area (Å²) in [7, 11) is 2.09. The summed E-state index contributed by atoms with van der Waals surface area (Å²) in [5.41, 5.74) is 6.03. The zero-order valence-electron chi connectivity index (χ0n) is 17.5. The first-order valence-electron chi connectivity index (χ1n) is 9.91. The van der Waals surface area contributed by atoms with Crippen LogP contribution in [0, 0.1) is 6.92 Å². The van der Waals surface area contributed by atoms with Crippen LogP contribution in [0.1, 0.15) is 70.1 Å². The van der Waals surface area contributed by atoms with E-state index in [4.69, 9.17) is 0 Å². The lowest BCUT2D eigenvalue weighted by Crippen LogP contribution is -2.34. The first kappa shape index (κ1) is 20.0. The van der Waals surface area contributed by atoms with Crippen LogP contribution in [0.2, 0.25) is 0 Å². The highest BCUT2D eigenvalue weighted by Gasteiger charge is 2.41. The number of alkyl halides is 2. The molecule has 1 fully saturated rings. The summed E-state index contributed by atoms with van der Waals surface area (Å²) in [4.78, 5) is 0. The predicted molar refractivity (Wildman–Crippen MR) is 107 cm³/mol. The van der Waals surface area contributed by atoms with Gasteiger partial charge in [-0.3, -0.25) is 0 Å². The first-order valence-corrected chi connectivity index (χ1v) is 9.91. The van der Waals surface area contributed by atoms with Crippen LogP contribution >= 0.6 is 0 Å². The van der Waals surface area contributed by atoms with Crippen LogP contribution in [0.4, 0.5) is 8.78 Å². The summed E-state index contributed by atoms with van der Waals surface area (Å²) in [6.45, 7) is 10.9. The Bertz CT molecular complexity index is 836. The molecule has 0 unspecified atom stereocenters. The summed E-state index contributed by atoms with van der Waals surface area (Å²) in [5, 5.41) is 0. The SMILES string of the molecule is Cc1cc(C2(C)CCC(F)(F)CC2)ccc1-c1ccc(C(C)(C)C)c[n+]1C. The third-order valence-electron chi connectivity index (χ3n) is 6.28. The Morgan fingerprint density at radius 3 is 2.11 bits per heavy atom. The summed E-state index contributed by atoms with van der Waals surface area (Å²) >= 11 is 0. The number of hydrogen-bond donors (Lipinski definition) is 0. The van der Waals surface area contributed by atoms with Crippen LogP contribution in [-0.4, -0.2) is 5.92 Å². The van der Waals surface area contributed by atoms with Gasteiger partial charge in [0.05, 0.1) is 0 Å². The lowest BCUT2D eigenvalue weighted by Gasteiger charge is -2.38. The van der Waals surface area contributed by atoms with Crippen molar-refractivity contribution in [3.8, 4) is 11.3 Å². The van der Waals surface area contributed by atoms with Crippen LogP contribution in [0.3, 0.4) is 0 Å². The molecule has 0 saturated heterocycles. The summed E-state index contributed by atoms with van der Waals surface area (Å²) in [5.74, 6) is -2.49. The van der Waals surface area contributed by atoms with Crippen molar-refractivity contribution in [1.29, 1.82) is 0 Å². The van der Waals surface area contributed by atoms with Crippen molar-refractivity contribution in [3.63, 3.8) is 0 Å². The van der Waals surface area contributed by atoms with E-state index in [-0.39, 0.29) is 23.7 Å². The third-order valence-corrected chi connectivity index (χ3v) is 6.28. The molecule has 0 amide bonds. The number of aryl methyl sites for hydroxylation is 2. The van der Waals surface area contributed by atoms with Crippen LogP contribution in [-0.2, 0) is 17.9 Å². The number of halogens is 2. The van der Waals surface area contributed by atoms with E-state index in [0.29, 0.717) is 12.8 Å². The summed E-state index contributed by atoms with van der Waals surface area (Å²) < 4.78 is 29.4. The molecule has 146 valence electrons. The second-order valence-corrected chi connectivity index (χ2v) is 9.61. The maximum atomic E-state index is 13.6. The van der Waals surface area contributed by atoms with Gasteiger partial charge in [-0.2, -0.15) is 0 Å². The van der Waals surface area contributed by atoms with Crippen LogP contribution < -0.4 is 4.57 Å². The van der Waals surface area contributed by atoms with Gasteiger partial charge in [-0.15, -0.1) is 0 Å². The molecule has 0 aliphatic heterocycles. The van der Waals surface area contributed by atoms with E-state index >= 15 is 0 Å². The Hall–Kier alpha value is -1.77. The molecular formula is C24H32F2N+. The van der Waals surface area contributed by atoms with E-state index in [0.717, 1.165) is 0 Å². The van der Waals surface area contributed by atoms with Crippen molar-refractivity contribution in [3.05, 3.63) is 53.2 Å². The molecule has 27 heavy (non-hydrogen) atoms. The van der Waals surface area contributed by atoms with E-state index in [1.165, 1.54) is 27.9 Å². The molecule has 1 aliphatic rings. The molecule has 0 atom stereocenters. The van der Waals surface area contributed by atoms with Gasteiger partial charge in [-0.05, 0) is 53.9 Å². The van der Waals surface area contributed by atoms with Gasteiger partial charge in [0.25, 0.3) is 0 Å². The molecule has 1 heterocycles. The fraction of sp³-hybridized carbons (Fsp3) is 0.542. The van der Waals surface area contributed by atoms with Gasteiger partial charge >= 0.3 is 0 Å². The van der Waals surface area contributed by atoms with E-state index < -0.39 is 5.92 Å². The maximum absolute atomic E-state index is 13.6. The summed E-state index contributed by atoms with van der Waals surface area (Å²) in [6, 6.07) is 10.9. The van der Waals surface area contributed by atoms with E-state index in [9.17, 15) is 8.78 Å². The largest absolute Gasteiger partial charge is 0.248 e. The van der Waals surface area contributed by atoms with Crippen LogP contribution in [0.25, 0.3) is 11.3 Å². The minimum Gasteiger partial charge on any atom is -0.207 e. The highest BCUT2D eigenvalue weighted by Crippen LogP contribution is 2.45. The Balaban J connectivity index is 1.92. The van der Waals surface area contributed by atoms with E-state index in [2.05, 4.69) is 82.8 Å². The number of benzene rings is 1. The Kier molecular flexibility index (Phi) is 4.95. The van der Waals surface area contributed by atoms with Gasteiger partial charge < -0.3 is 0 Å². The second kappa shape index (κ2) is 6.68. The number of hydrogen-bond acceptors (Lipinski definition) is 0. The molecule has 0 N–H and O–H groups in total. The van der Waals surface area contributed by atoms with Crippen molar-refractivity contribution >= 4 is 0 Å². The Morgan fingerprint density at radius 2 is 1.59 bits per heavy atom. The highest BCUT2D eigenvalue weighted by molar-refractivity contribution is 5.62. The molecule has 1 aliphatic carbocycles. The predicted octanol–water partition coefficient (Wildman–Crippen LogP) is 6.25. The molecule has 1 aromatic carbocycles. The van der Waals surface area contributed by atoms with Crippen molar-refractivity contribution in [2.45, 2.75) is 77.1 Å². The average molecular weight is 373 g/mol. The molecule has 0 spiro atoms. The highest BCUT2D eigenvalue weighted by atomic mass is 19.3. The molecule has 3 heteroatoms. The van der Waals surface area contributed by atoms with Crippen molar-refractivity contribution in [2.75, 3.05) is 0 Å². The lowest BCUT2D eigenvalue weighted by molar-refractivity contribution is -0.661. The molecule has 1 saturated carbocycles. The second-order valence-electron chi connectivity index (χ2n) is 9.61. The fourth-order valence-corrected chi connectivity index (χ4v) is 4.11. The zero-order chi connectivity index (χ0) is 20.0. The smallest absolute Gasteiger partial charge is 0.207 e. The molecule has 1 nitrogen and oxygen atoms in total. The molecule has 3 rings (SSSR count). The van der Waals surface area contributed by atoms with Crippen molar-refractivity contribution in [1.82, 2.24) is 0 Å². The standard InChI is InChI=1S/C24H32F2N/c1-17-15-18(23(5)11-13-24(25,26)14-12-23)7-9-20(17)21-10-8-19(16-27(21)6)22(2,3)4/h7-10,15-16H,11-14H2,1-6H3/q+1. The van der Waals surface area contributed by atoms with Crippen molar-refractivity contribution in [2.24, 2.45) is 7.05 Å². The van der Waals surface area contributed by atoms with Crippen LogP contribution in [0.5, 0.6) is 0 Å². The number of aromatic nitrogens is 1. The number of nitrogens with zero attached hydrogens (tertiary/aromatic N) is 1. The molecule has 0 bridgehead atoms. The number of rotatable bonds is 2. The Morgan fingerprint density at radius 1 is 0.963 bits per heavy atom. The Labute approximate surface area is 162 Å². The van der Waals surface area contributed by atoms with Gasteiger partial charge in [-0.1, -0.05) is 39.8 Å². The van der Waals surface area contributed by atoms with Gasteiger partial charge in [0.2, 0.25) is 11.6 Å². The van der Waals surface area contributed by atoms with Gasteiger partial charge in [0, 0.05) is 30.0 Å². The molecular weight excluding hydrogens is 340 g/mol. The normalized spacial score (nSPS) is 19.1. The topological polar surface area (TPSA) is 3.88 Å².